The highest BCUT2D eigenvalue weighted by Gasteiger charge is 2.34. The SMILES string of the molecule is Cc1nc(-c2ccccc2C(F)(F)F)sc1C(=O)CN=Cc1ccc(OC(F)F)c(O)c1. The Balaban J connectivity index is 1.75. The van der Waals surface area contributed by atoms with Crippen molar-refractivity contribution in [3.63, 3.8) is 0 Å². The molecule has 3 aromatic rings. The number of ether oxygens (including phenoxy) is 1. The number of Topliss-reactive ketones (excluding diaryl/α,β-unsaturated/α-hetero) is 1. The van der Waals surface area contributed by atoms with Crippen LogP contribution in [0.2, 0.25) is 0 Å². The molecular formula is C21H15F5N2O3S. The number of hydrogen-bond acceptors (Lipinski definition) is 6. The molecule has 1 N–H and O–H groups in total. The molecular weight excluding hydrogens is 455 g/mol. The summed E-state index contributed by atoms with van der Waals surface area (Å²) in [5.74, 6) is -1.37. The third-order valence-corrected chi connectivity index (χ3v) is 5.42. The Morgan fingerprint density at radius 3 is 2.62 bits per heavy atom. The van der Waals surface area contributed by atoms with Gasteiger partial charge in [-0.1, -0.05) is 18.2 Å². The summed E-state index contributed by atoms with van der Waals surface area (Å²) in [6, 6.07) is 8.59. The van der Waals surface area contributed by atoms with Crippen molar-refractivity contribution < 1.29 is 36.6 Å². The molecule has 1 aromatic heterocycles. The van der Waals surface area contributed by atoms with Gasteiger partial charge in [-0.2, -0.15) is 22.0 Å². The van der Waals surface area contributed by atoms with Crippen molar-refractivity contribution in [2.45, 2.75) is 19.7 Å². The van der Waals surface area contributed by atoms with Gasteiger partial charge in [0.15, 0.2) is 17.3 Å². The molecule has 1 heterocycles. The van der Waals surface area contributed by atoms with E-state index in [-0.39, 0.29) is 27.7 Å². The van der Waals surface area contributed by atoms with Crippen molar-refractivity contribution in [3.05, 3.63) is 64.2 Å². The van der Waals surface area contributed by atoms with Gasteiger partial charge in [-0.25, -0.2) is 4.98 Å². The van der Waals surface area contributed by atoms with Crippen molar-refractivity contribution in [1.29, 1.82) is 0 Å². The van der Waals surface area contributed by atoms with Crippen LogP contribution in [-0.2, 0) is 6.18 Å². The standard InChI is InChI=1S/C21H15F5N2O3S/c1-11-18(32-19(28-11)13-4-2-3-5-14(13)21(24,25)26)16(30)10-27-9-12-6-7-17(15(29)8-12)31-20(22)23/h2-9,20,29H,10H2,1H3. The zero-order chi connectivity index (χ0) is 23.5. The van der Waals surface area contributed by atoms with Gasteiger partial charge in [-0.3, -0.25) is 9.79 Å². The first-order valence-electron chi connectivity index (χ1n) is 9.01. The highest BCUT2D eigenvalue weighted by Crippen LogP contribution is 2.39. The fourth-order valence-electron chi connectivity index (χ4n) is 2.80. The maximum absolute atomic E-state index is 13.3. The van der Waals surface area contributed by atoms with Crippen molar-refractivity contribution in [1.82, 2.24) is 4.98 Å². The number of alkyl halides is 5. The normalized spacial score (nSPS) is 12.0. The number of rotatable bonds is 7. The van der Waals surface area contributed by atoms with E-state index in [1.165, 1.54) is 37.4 Å². The summed E-state index contributed by atoms with van der Waals surface area (Å²) in [5, 5.41) is 9.75. The first-order valence-corrected chi connectivity index (χ1v) is 9.82. The maximum atomic E-state index is 13.3. The van der Waals surface area contributed by atoms with Crippen LogP contribution in [-0.4, -0.2) is 35.2 Å². The number of carbonyl (C=O) groups excluding carboxylic acids is 1. The number of hydrogen-bond donors (Lipinski definition) is 1. The summed E-state index contributed by atoms with van der Waals surface area (Å²) in [6.07, 6.45) is -3.31. The zero-order valence-corrected chi connectivity index (χ0v) is 17.2. The maximum Gasteiger partial charge on any atom is 0.417 e. The van der Waals surface area contributed by atoms with E-state index < -0.39 is 35.6 Å². The van der Waals surface area contributed by atoms with E-state index in [0.717, 1.165) is 29.5 Å². The van der Waals surface area contributed by atoms with E-state index >= 15 is 0 Å². The van der Waals surface area contributed by atoms with Crippen LogP contribution in [0, 0.1) is 6.92 Å². The lowest BCUT2D eigenvalue weighted by Gasteiger charge is -2.10. The van der Waals surface area contributed by atoms with Crippen LogP contribution < -0.4 is 4.74 Å². The smallest absolute Gasteiger partial charge is 0.417 e. The largest absolute Gasteiger partial charge is 0.504 e. The second-order valence-electron chi connectivity index (χ2n) is 6.48. The fraction of sp³-hybridized carbons (Fsp3) is 0.190. The van der Waals surface area contributed by atoms with Crippen LogP contribution >= 0.6 is 11.3 Å². The molecule has 32 heavy (non-hydrogen) atoms. The van der Waals surface area contributed by atoms with Crippen LogP contribution in [0.3, 0.4) is 0 Å². The number of ketones is 1. The van der Waals surface area contributed by atoms with Gasteiger partial charge in [0.1, 0.15) is 11.6 Å². The zero-order valence-electron chi connectivity index (χ0n) is 16.4. The Morgan fingerprint density at radius 1 is 1.25 bits per heavy atom. The lowest BCUT2D eigenvalue weighted by Crippen LogP contribution is -2.06. The minimum Gasteiger partial charge on any atom is -0.504 e. The summed E-state index contributed by atoms with van der Waals surface area (Å²) in [5.41, 5.74) is -0.340. The predicted molar refractivity (Wildman–Crippen MR) is 109 cm³/mol. The molecule has 0 aliphatic heterocycles. The number of aromatic nitrogens is 1. The van der Waals surface area contributed by atoms with Gasteiger partial charge < -0.3 is 9.84 Å². The Bertz CT molecular complexity index is 1160. The second-order valence-corrected chi connectivity index (χ2v) is 7.47. The van der Waals surface area contributed by atoms with Crippen molar-refractivity contribution >= 4 is 23.3 Å². The number of aliphatic imine (C=N–C) groups is 1. The number of phenols is 1. The van der Waals surface area contributed by atoms with Crippen molar-refractivity contribution in [2.75, 3.05) is 6.54 Å². The van der Waals surface area contributed by atoms with Gasteiger partial charge >= 0.3 is 12.8 Å². The van der Waals surface area contributed by atoms with Crippen LogP contribution in [0.1, 0.15) is 26.5 Å². The van der Waals surface area contributed by atoms with E-state index in [2.05, 4.69) is 14.7 Å². The van der Waals surface area contributed by atoms with E-state index in [4.69, 9.17) is 0 Å². The summed E-state index contributed by atoms with van der Waals surface area (Å²) in [4.78, 5) is 20.8. The minimum atomic E-state index is -4.56. The van der Waals surface area contributed by atoms with Gasteiger partial charge in [0.2, 0.25) is 0 Å². The van der Waals surface area contributed by atoms with Crippen LogP contribution in [0.5, 0.6) is 11.5 Å². The third-order valence-electron chi connectivity index (χ3n) is 4.19. The molecule has 0 radical (unpaired) electrons. The van der Waals surface area contributed by atoms with Gasteiger partial charge in [-0.05, 0) is 36.8 Å². The molecule has 0 saturated heterocycles. The lowest BCUT2D eigenvalue weighted by molar-refractivity contribution is -0.137. The average Bonchev–Trinajstić information content (AvgIpc) is 3.10. The second kappa shape index (κ2) is 9.43. The van der Waals surface area contributed by atoms with E-state index in [1.54, 1.807) is 0 Å². The molecule has 0 unspecified atom stereocenters. The quantitative estimate of drug-likeness (QED) is 0.271. The Morgan fingerprint density at radius 2 is 1.97 bits per heavy atom. The molecule has 5 nitrogen and oxygen atoms in total. The number of carbonyl (C=O) groups is 1. The van der Waals surface area contributed by atoms with Crippen LogP contribution in [0.4, 0.5) is 22.0 Å². The molecule has 2 aromatic carbocycles. The highest BCUT2D eigenvalue weighted by atomic mass is 32.1. The number of nitrogens with zero attached hydrogens (tertiary/aromatic N) is 2. The molecule has 0 atom stereocenters. The van der Waals surface area contributed by atoms with Crippen LogP contribution in [0.15, 0.2) is 47.5 Å². The summed E-state index contributed by atoms with van der Waals surface area (Å²) in [7, 11) is 0. The number of aryl methyl sites for hydroxylation is 1. The number of benzene rings is 2. The summed E-state index contributed by atoms with van der Waals surface area (Å²) >= 11 is 0.845. The fourth-order valence-corrected chi connectivity index (χ4v) is 3.84. The van der Waals surface area contributed by atoms with Crippen molar-refractivity contribution in [3.8, 4) is 22.1 Å². The number of thiazole rings is 1. The average molecular weight is 470 g/mol. The highest BCUT2D eigenvalue weighted by molar-refractivity contribution is 7.17. The molecule has 168 valence electrons. The molecule has 3 rings (SSSR count). The topological polar surface area (TPSA) is 71.8 Å². The number of halogens is 5. The van der Waals surface area contributed by atoms with E-state index in [0.29, 0.717) is 5.56 Å². The molecule has 0 aliphatic carbocycles. The van der Waals surface area contributed by atoms with Crippen molar-refractivity contribution in [2.24, 2.45) is 4.99 Å². The van der Waals surface area contributed by atoms with E-state index in [9.17, 15) is 31.9 Å². The molecule has 11 heteroatoms. The first-order chi connectivity index (χ1) is 15.1. The third kappa shape index (κ3) is 5.47. The van der Waals surface area contributed by atoms with Gasteiger partial charge in [-0.15, -0.1) is 11.3 Å². The van der Waals surface area contributed by atoms with Crippen LogP contribution in [0.25, 0.3) is 10.6 Å². The Labute approximate surface area is 182 Å². The monoisotopic (exact) mass is 470 g/mol. The molecule has 0 bridgehead atoms. The van der Waals surface area contributed by atoms with E-state index in [1.807, 2.05) is 0 Å². The molecule has 0 saturated carbocycles. The van der Waals surface area contributed by atoms with Gasteiger partial charge in [0, 0.05) is 11.8 Å². The predicted octanol–water partition coefficient (Wildman–Crippen LogP) is 5.75. The molecule has 0 aliphatic rings. The van der Waals surface area contributed by atoms with Gasteiger partial charge in [0.25, 0.3) is 0 Å². The number of phenolic OH excluding ortho intramolecular Hbond substituents is 1. The number of aromatic hydroxyl groups is 1. The van der Waals surface area contributed by atoms with Gasteiger partial charge in [0.05, 0.1) is 16.1 Å². The molecule has 0 amide bonds. The lowest BCUT2D eigenvalue weighted by atomic mass is 10.1. The first kappa shape index (κ1) is 23.3. The molecule has 0 fully saturated rings. The Hall–Kier alpha value is -3.34. The Kier molecular flexibility index (Phi) is 6.87. The summed E-state index contributed by atoms with van der Waals surface area (Å²) < 4.78 is 68.4. The molecule has 0 spiro atoms. The minimum absolute atomic E-state index is 0.0716. The summed E-state index contributed by atoms with van der Waals surface area (Å²) in [6.45, 7) is -1.89.